The van der Waals surface area contributed by atoms with E-state index in [9.17, 15) is 0 Å². The summed E-state index contributed by atoms with van der Waals surface area (Å²) in [6.45, 7) is 6.83. The first-order valence-electron chi connectivity index (χ1n) is 3.93. The normalized spacial score (nSPS) is 17.7. The number of rotatable bonds is 1. The van der Waals surface area contributed by atoms with Gasteiger partial charge in [0, 0.05) is 0 Å². The highest BCUT2D eigenvalue weighted by Gasteiger charge is 2.12. The first-order valence-corrected chi connectivity index (χ1v) is 3.93. The minimum atomic E-state index is 0.445. The molecule has 0 aromatic heterocycles. The smallest absolute Gasteiger partial charge is 0.0160 e. The first kappa shape index (κ1) is 7.59. The molecule has 10 heavy (non-hydrogen) atoms. The Morgan fingerprint density at radius 1 is 1.40 bits per heavy atom. The van der Waals surface area contributed by atoms with Crippen molar-refractivity contribution in [3.05, 3.63) is 23.8 Å². The van der Waals surface area contributed by atoms with Crippen LogP contribution in [0.25, 0.3) is 0 Å². The Hall–Kier alpha value is -0.520. The lowest BCUT2D eigenvalue weighted by atomic mass is 9.88. The highest BCUT2D eigenvalue weighted by atomic mass is 14.2. The summed E-state index contributed by atoms with van der Waals surface area (Å²) >= 11 is 0. The molecule has 0 amide bonds. The number of hydrogen-bond acceptors (Lipinski definition) is 0. The lowest BCUT2D eigenvalue weighted by Crippen LogP contribution is -2.04. The van der Waals surface area contributed by atoms with Gasteiger partial charge < -0.3 is 0 Å². The summed E-state index contributed by atoms with van der Waals surface area (Å²) in [5, 5.41) is 0. The third kappa shape index (κ3) is 2.38. The van der Waals surface area contributed by atoms with Crippen molar-refractivity contribution < 1.29 is 0 Å². The van der Waals surface area contributed by atoms with Gasteiger partial charge in [0.25, 0.3) is 0 Å². The molecule has 0 heterocycles. The largest absolute Gasteiger partial charge is 0.0805 e. The molecule has 1 aliphatic rings. The SMILES string of the molecule is CC(C)(C)CC1=CCC=C1. The predicted molar refractivity (Wildman–Crippen MR) is 45.9 cm³/mol. The summed E-state index contributed by atoms with van der Waals surface area (Å²) in [4.78, 5) is 0. The van der Waals surface area contributed by atoms with E-state index in [2.05, 4.69) is 39.0 Å². The molecule has 0 aromatic rings. The third-order valence-electron chi connectivity index (χ3n) is 1.58. The van der Waals surface area contributed by atoms with Crippen LogP contribution in [-0.4, -0.2) is 0 Å². The van der Waals surface area contributed by atoms with Crippen LogP contribution in [0.3, 0.4) is 0 Å². The standard InChI is InChI=1S/C10H16/c1-10(2,3)8-9-6-4-5-7-9/h4,6-7H,5,8H2,1-3H3. The molecular weight excluding hydrogens is 120 g/mol. The van der Waals surface area contributed by atoms with Crippen LogP contribution < -0.4 is 0 Å². The third-order valence-corrected chi connectivity index (χ3v) is 1.58. The van der Waals surface area contributed by atoms with Gasteiger partial charge in [-0.05, 0) is 18.3 Å². The van der Waals surface area contributed by atoms with E-state index in [1.807, 2.05) is 0 Å². The van der Waals surface area contributed by atoms with E-state index in [4.69, 9.17) is 0 Å². The van der Waals surface area contributed by atoms with E-state index in [1.165, 1.54) is 12.0 Å². The molecule has 0 heteroatoms. The molecule has 0 saturated heterocycles. The van der Waals surface area contributed by atoms with Crippen molar-refractivity contribution in [1.29, 1.82) is 0 Å². The molecule has 0 atom stereocenters. The summed E-state index contributed by atoms with van der Waals surface area (Å²) in [7, 11) is 0. The molecule has 0 spiro atoms. The van der Waals surface area contributed by atoms with Crippen molar-refractivity contribution in [2.75, 3.05) is 0 Å². The monoisotopic (exact) mass is 136 g/mol. The van der Waals surface area contributed by atoms with Crippen molar-refractivity contribution in [1.82, 2.24) is 0 Å². The van der Waals surface area contributed by atoms with Crippen LogP contribution in [-0.2, 0) is 0 Å². The summed E-state index contributed by atoms with van der Waals surface area (Å²) in [6.07, 6.45) is 9.13. The van der Waals surface area contributed by atoms with E-state index < -0.39 is 0 Å². The van der Waals surface area contributed by atoms with Crippen LogP contribution in [0.4, 0.5) is 0 Å². The molecule has 0 nitrogen and oxygen atoms in total. The van der Waals surface area contributed by atoms with Crippen LogP contribution in [0, 0.1) is 5.41 Å². The maximum atomic E-state index is 2.31. The Bertz CT molecular complexity index is 165. The Kier molecular flexibility index (Phi) is 1.98. The maximum absolute atomic E-state index is 2.31. The summed E-state index contributed by atoms with van der Waals surface area (Å²) in [6, 6.07) is 0. The minimum absolute atomic E-state index is 0.445. The van der Waals surface area contributed by atoms with E-state index in [1.54, 1.807) is 0 Å². The number of hydrogen-bond donors (Lipinski definition) is 0. The van der Waals surface area contributed by atoms with Gasteiger partial charge in [0.15, 0.2) is 0 Å². The van der Waals surface area contributed by atoms with E-state index in [0.717, 1.165) is 6.42 Å². The molecule has 1 aliphatic carbocycles. The quantitative estimate of drug-likeness (QED) is 0.518. The van der Waals surface area contributed by atoms with Crippen molar-refractivity contribution in [3.63, 3.8) is 0 Å². The Morgan fingerprint density at radius 2 is 2.10 bits per heavy atom. The van der Waals surface area contributed by atoms with Crippen LogP contribution in [0.2, 0.25) is 0 Å². The molecule has 0 fully saturated rings. The molecule has 0 radical (unpaired) electrons. The topological polar surface area (TPSA) is 0 Å². The second-order valence-electron chi connectivity index (χ2n) is 4.15. The van der Waals surface area contributed by atoms with Gasteiger partial charge in [-0.3, -0.25) is 0 Å². The molecular formula is C10H16. The zero-order chi connectivity index (χ0) is 7.61. The van der Waals surface area contributed by atoms with E-state index >= 15 is 0 Å². The summed E-state index contributed by atoms with van der Waals surface area (Å²) in [5.41, 5.74) is 1.95. The lowest BCUT2D eigenvalue weighted by molar-refractivity contribution is 0.413. The molecule has 56 valence electrons. The first-order chi connectivity index (χ1) is 4.58. The molecule has 0 N–H and O–H groups in total. The van der Waals surface area contributed by atoms with Gasteiger partial charge in [-0.1, -0.05) is 44.6 Å². The predicted octanol–water partition coefficient (Wildman–Crippen LogP) is 3.31. The maximum Gasteiger partial charge on any atom is -0.0160 e. The molecule has 0 unspecified atom stereocenters. The van der Waals surface area contributed by atoms with Gasteiger partial charge in [0.2, 0.25) is 0 Å². The number of allylic oxidation sites excluding steroid dienone is 4. The molecule has 0 aromatic carbocycles. The summed E-state index contributed by atoms with van der Waals surface area (Å²) in [5.74, 6) is 0. The fourth-order valence-electron chi connectivity index (χ4n) is 1.25. The fourth-order valence-corrected chi connectivity index (χ4v) is 1.25. The van der Waals surface area contributed by atoms with Crippen LogP contribution in [0.1, 0.15) is 33.6 Å². The zero-order valence-corrected chi connectivity index (χ0v) is 7.15. The summed E-state index contributed by atoms with van der Waals surface area (Å²) < 4.78 is 0. The van der Waals surface area contributed by atoms with Crippen molar-refractivity contribution in [2.45, 2.75) is 33.6 Å². The minimum Gasteiger partial charge on any atom is -0.0805 e. The van der Waals surface area contributed by atoms with Crippen molar-refractivity contribution in [3.8, 4) is 0 Å². The lowest BCUT2D eigenvalue weighted by Gasteiger charge is -2.17. The highest BCUT2D eigenvalue weighted by Crippen LogP contribution is 2.26. The van der Waals surface area contributed by atoms with Gasteiger partial charge in [-0.25, -0.2) is 0 Å². The molecule has 0 bridgehead atoms. The molecule has 1 rings (SSSR count). The second kappa shape index (κ2) is 2.61. The average molecular weight is 136 g/mol. The second-order valence-corrected chi connectivity index (χ2v) is 4.15. The Balaban J connectivity index is 2.46. The van der Waals surface area contributed by atoms with Crippen molar-refractivity contribution >= 4 is 0 Å². The van der Waals surface area contributed by atoms with Gasteiger partial charge in [-0.2, -0.15) is 0 Å². The van der Waals surface area contributed by atoms with Crippen LogP contribution in [0.15, 0.2) is 23.8 Å². The van der Waals surface area contributed by atoms with E-state index in [-0.39, 0.29) is 0 Å². The van der Waals surface area contributed by atoms with Gasteiger partial charge in [-0.15, -0.1) is 0 Å². The van der Waals surface area contributed by atoms with Gasteiger partial charge >= 0.3 is 0 Å². The molecule has 0 saturated carbocycles. The average Bonchev–Trinajstić information content (AvgIpc) is 2.12. The Labute approximate surface area is 63.6 Å². The van der Waals surface area contributed by atoms with Gasteiger partial charge in [0.05, 0.1) is 0 Å². The van der Waals surface area contributed by atoms with Crippen LogP contribution in [0.5, 0.6) is 0 Å². The molecule has 0 aliphatic heterocycles. The fraction of sp³-hybridized carbons (Fsp3) is 0.600. The Morgan fingerprint density at radius 3 is 2.50 bits per heavy atom. The van der Waals surface area contributed by atoms with Crippen molar-refractivity contribution in [2.24, 2.45) is 5.41 Å². The van der Waals surface area contributed by atoms with E-state index in [0.29, 0.717) is 5.41 Å². The highest BCUT2D eigenvalue weighted by molar-refractivity contribution is 5.26. The van der Waals surface area contributed by atoms with Gasteiger partial charge in [0.1, 0.15) is 0 Å². The zero-order valence-electron chi connectivity index (χ0n) is 7.15. The van der Waals surface area contributed by atoms with Crippen LogP contribution >= 0.6 is 0 Å².